The summed E-state index contributed by atoms with van der Waals surface area (Å²) in [4.78, 5) is 4.46. The summed E-state index contributed by atoms with van der Waals surface area (Å²) in [6.07, 6.45) is 0.549. The third kappa shape index (κ3) is 2.99. The average molecular weight is 349 g/mol. The van der Waals surface area contributed by atoms with E-state index in [0.29, 0.717) is 12.3 Å². The van der Waals surface area contributed by atoms with Crippen molar-refractivity contribution in [3.8, 4) is 0 Å². The molecule has 0 saturated carbocycles. The zero-order valence-electron chi connectivity index (χ0n) is 11.4. The van der Waals surface area contributed by atoms with E-state index in [1.807, 2.05) is 31.3 Å². The van der Waals surface area contributed by atoms with Crippen LogP contribution in [0.2, 0.25) is 0 Å². The minimum absolute atomic E-state index is 0.0804. The first-order valence-electron chi connectivity index (χ1n) is 6.64. The van der Waals surface area contributed by atoms with E-state index in [-0.39, 0.29) is 11.9 Å². The largest absolute Gasteiger partial charge is 0.441 e. The van der Waals surface area contributed by atoms with E-state index in [0.717, 1.165) is 21.1 Å². The lowest BCUT2D eigenvalue weighted by molar-refractivity contribution is 0.471. The van der Waals surface area contributed by atoms with Crippen molar-refractivity contribution in [1.29, 1.82) is 0 Å². The van der Waals surface area contributed by atoms with Crippen LogP contribution in [-0.2, 0) is 6.42 Å². The van der Waals surface area contributed by atoms with Gasteiger partial charge in [0.2, 0.25) is 0 Å². The first-order chi connectivity index (χ1) is 10.2. The first kappa shape index (κ1) is 14.2. The van der Waals surface area contributed by atoms with Gasteiger partial charge in [0.25, 0.3) is 0 Å². The number of aromatic nitrogens is 1. The number of hydrogen-bond acceptors (Lipinski definition) is 3. The Hall–Kier alpha value is -1.72. The molecule has 5 heteroatoms. The summed E-state index contributed by atoms with van der Waals surface area (Å²) in [6, 6.07) is 12.2. The van der Waals surface area contributed by atoms with Crippen LogP contribution in [0.3, 0.4) is 0 Å². The lowest BCUT2D eigenvalue weighted by Gasteiger charge is -2.16. The minimum Gasteiger partial charge on any atom is -0.441 e. The molecule has 0 aliphatic carbocycles. The maximum Gasteiger partial charge on any atom is 0.197 e. The van der Waals surface area contributed by atoms with Crippen molar-refractivity contribution in [3.63, 3.8) is 0 Å². The molecule has 1 atom stereocenters. The number of oxazole rings is 1. The van der Waals surface area contributed by atoms with Crippen LogP contribution in [0.25, 0.3) is 11.1 Å². The molecule has 1 unspecified atom stereocenters. The van der Waals surface area contributed by atoms with E-state index in [1.54, 1.807) is 6.07 Å². The number of fused-ring (bicyclic) bond motifs is 1. The molecule has 0 bridgehead atoms. The first-order valence-corrected chi connectivity index (χ1v) is 7.43. The van der Waals surface area contributed by atoms with Gasteiger partial charge in [0.05, 0.1) is 0 Å². The molecule has 21 heavy (non-hydrogen) atoms. The zero-order chi connectivity index (χ0) is 14.8. The Labute approximate surface area is 130 Å². The topological polar surface area (TPSA) is 38.1 Å². The van der Waals surface area contributed by atoms with Gasteiger partial charge in [0.1, 0.15) is 11.3 Å². The predicted molar refractivity (Wildman–Crippen MR) is 83.6 cm³/mol. The van der Waals surface area contributed by atoms with Crippen LogP contribution in [0.1, 0.15) is 17.5 Å². The van der Waals surface area contributed by atoms with E-state index >= 15 is 0 Å². The molecule has 3 rings (SSSR count). The van der Waals surface area contributed by atoms with Crippen molar-refractivity contribution < 1.29 is 8.81 Å². The van der Waals surface area contributed by atoms with Crippen LogP contribution >= 0.6 is 15.9 Å². The van der Waals surface area contributed by atoms with Crippen LogP contribution in [0.15, 0.2) is 51.4 Å². The van der Waals surface area contributed by atoms with Crippen molar-refractivity contribution in [2.75, 3.05) is 7.05 Å². The fourth-order valence-electron chi connectivity index (χ4n) is 2.33. The summed E-state index contributed by atoms with van der Waals surface area (Å²) >= 11 is 3.46. The number of nitrogens with one attached hydrogen (secondary N) is 1. The van der Waals surface area contributed by atoms with Crippen molar-refractivity contribution >= 4 is 27.0 Å². The number of halogens is 2. The molecule has 3 aromatic rings. The van der Waals surface area contributed by atoms with Gasteiger partial charge in [-0.2, -0.15) is 0 Å². The molecule has 0 spiro atoms. The molecule has 1 N–H and O–H groups in total. The molecule has 0 amide bonds. The average Bonchev–Trinajstić information content (AvgIpc) is 2.90. The highest BCUT2D eigenvalue weighted by atomic mass is 79.9. The van der Waals surface area contributed by atoms with Gasteiger partial charge >= 0.3 is 0 Å². The molecule has 1 aromatic heterocycles. The Morgan fingerprint density at radius 3 is 2.86 bits per heavy atom. The van der Waals surface area contributed by atoms with E-state index in [4.69, 9.17) is 4.42 Å². The lowest BCUT2D eigenvalue weighted by atomic mass is 10.0. The van der Waals surface area contributed by atoms with E-state index in [2.05, 4.69) is 26.2 Å². The van der Waals surface area contributed by atoms with Gasteiger partial charge in [-0.15, -0.1) is 0 Å². The van der Waals surface area contributed by atoms with Crippen LogP contribution in [0, 0.1) is 5.82 Å². The van der Waals surface area contributed by atoms with Gasteiger partial charge in [-0.1, -0.05) is 28.1 Å². The summed E-state index contributed by atoms with van der Waals surface area (Å²) in [5.41, 5.74) is 2.45. The van der Waals surface area contributed by atoms with Crippen LogP contribution < -0.4 is 5.32 Å². The molecular formula is C16H14BrFN2O. The quantitative estimate of drug-likeness (QED) is 0.766. The van der Waals surface area contributed by atoms with Crippen LogP contribution in [0.5, 0.6) is 0 Å². The summed E-state index contributed by atoms with van der Waals surface area (Å²) in [5, 5.41) is 3.18. The van der Waals surface area contributed by atoms with Crippen LogP contribution in [-0.4, -0.2) is 12.0 Å². The number of nitrogens with zero attached hydrogens (tertiary/aromatic N) is 1. The third-order valence-corrected chi connectivity index (χ3v) is 4.12. The number of hydrogen-bond donors (Lipinski definition) is 1. The van der Waals surface area contributed by atoms with Gasteiger partial charge < -0.3 is 9.73 Å². The smallest absolute Gasteiger partial charge is 0.197 e. The zero-order valence-corrected chi connectivity index (χ0v) is 13.0. The fourth-order valence-corrected chi connectivity index (χ4v) is 2.85. The summed E-state index contributed by atoms with van der Waals surface area (Å²) in [5.74, 6) is 0.373. The maximum absolute atomic E-state index is 13.5. The number of benzene rings is 2. The van der Waals surface area contributed by atoms with Gasteiger partial charge in [0, 0.05) is 16.9 Å². The minimum atomic E-state index is -0.258. The van der Waals surface area contributed by atoms with Gasteiger partial charge in [0.15, 0.2) is 11.5 Å². The Morgan fingerprint density at radius 2 is 2.10 bits per heavy atom. The highest BCUT2D eigenvalue weighted by molar-refractivity contribution is 9.10. The molecule has 0 saturated heterocycles. The monoisotopic (exact) mass is 348 g/mol. The molecule has 0 fully saturated rings. The molecule has 1 heterocycles. The second-order valence-corrected chi connectivity index (χ2v) is 5.64. The predicted octanol–water partition coefficient (Wildman–Crippen LogP) is 4.23. The fraction of sp³-hybridized carbons (Fsp3) is 0.188. The van der Waals surface area contributed by atoms with Crippen molar-refractivity contribution in [2.45, 2.75) is 12.5 Å². The van der Waals surface area contributed by atoms with Gasteiger partial charge in [-0.05, 0) is 42.9 Å². The summed E-state index contributed by atoms with van der Waals surface area (Å²) in [7, 11) is 1.84. The van der Waals surface area contributed by atoms with Crippen molar-refractivity contribution in [1.82, 2.24) is 10.3 Å². The van der Waals surface area contributed by atoms with Crippen molar-refractivity contribution in [3.05, 3.63) is 64.2 Å². The number of rotatable bonds is 4. The van der Waals surface area contributed by atoms with E-state index in [9.17, 15) is 4.39 Å². The molecule has 0 radical (unpaired) electrons. The second-order valence-electron chi connectivity index (χ2n) is 4.79. The molecule has 0 aliphatic heterocycles. The highest BCUT2D eigenvalue weighted by Gasteiger charge is 2.17. The van der Waals surface area contributed by atoms with E-state index in [1.165, 1.54) is 12.1 Å². The highest BCUT2D eigenvalue weighted by Crippen LogP contribution is 2.27. The van der Waals surface area contributed by atoms with Crippen LogP contribution in [0.4, 0.5) is 4.39 Å². The molecule has 0 aliphatic rings. The maximum atomic E-state index is 13.5. The normalized spacial score (nSPS) is 12.7. The summed E-state index contributed by atoms with van der Waals surface area (Å²) in [6.45, 7) is 0. The van der Waals surface area contributed by atoms with Gasteiger partial charge in [-0.3, -0.25) is 0 Å². The lowest BCUT2D eigenvalue weighted by Crippen LogP contribution is -2.19. The Bertz CT molecular complexity index is 739. The second kappa shape index (κ2) is 5.95. The Kier molecular flexibility index (Phi) is 4.03. The summed E-state index contributed by atoms with van der Waals surface area (Å²) < 4.78 is 20.1. The third-order valence-electron chi connectivity index (χ3n) is 3.40. The van der Waals surface area contributed by atoms with Gasteiger partial charge in [-0.25, -0.2) is 9.37 Å². The molecular weight excluding hydrogens is 335 g/mol. The number of para-hydroxylation sites is 2. The van der Waals surface area contributed by atoms with Crippen molar-refractivity contribution in [2.24, 2.45) is 0 Å². The Morgan fingerprint density at radius 1 is 1.29 bits per heavy atom. The standard InChI is InChI=1S/C16H14BrFN2O/c1-19-14(11-8-10(18)6-7-12(11)17)9-16-20-13-4-2-3-5-15(13)21-16/h2-8,14,19H,9H2,1H3. The Balaban J connectivity index is 1.91. The molecule has 108 valence electrons. The number of likely N-dealkylation sites (N-methyl/N-ethyl adjacent to an activating group) is 1. The molecule has 3 nitrogen and oxygen atoms in total. The SMILES string of the molecule is CNC(Cc1nc2ccccc2o1)c1cc(F)ccc1Br. The van der Waals surface area contributed by atoms with E-state index < -0.39 is 0 Å². The molecule has 2 aromatic carbocycles.